The summed E-state index contributed by atoms with van der Waals surface area (Å²) in [6.07, 6.45) is 0. The van der Waals surface area contributed by atoms with Crippen molar-refractivity contribution < 1.29 is 12.9 Å². The number of sulfonamides is 1. The van der Waals surface area contributed by atoms with Gasteiger partial charge in [-0.25, -0.2) is 8.42 Å². The molecule has 1 heterocycles. The third kappa shape index (κ3) is 3.36. The Labute approximate surface area is 146 Å². The van der Waals surface area contributed by atoms with Crippen molar-refractivity contribution >= 4 is 21.4 Å². The molecule has 0 fully saturated rings. The van der Waals surface area contributed by atoms with Crippen LogP contribution in [0.1, 0.15) is 16.8 Å². The van der Waals surface area contributed by atoms with E-state index in [1.165, 1.54) is 0 Å². The summed E-state index contributed by atoms with van der Waals surface area (Å²) in [6, 6.07) is 12.1. The fraction of sp³-hybridized carbons (Fsp3) is 0.167. The molecule has 0 aliphatic heterocycles. The lowest BCUT2D eigenvalue weighted by molar-refractivity contribution is 0.427. The van der Waals surface area contributed by atoms with Gasteiger partial charge in [0.05, 0.1) is 22.0 Å². The third-order valence-electron chi connectivity index (χ3n) is 3.93. The number of nitrogens with zero attached hydrogens (tertiary/aromatic N) is 1. The van der Waals surface area contributed by atoms with Crippen molar-refractivity contribution in [2.75, 3.05) is 10.5 Å². The lowest BCUT2D eigenvalue weighted by atomic mass is 10.1. The van der Waals surface area contributed by atoms with Crippen LogP contribution in [0.2, 0.25) is 0 Å². The Balaban J connectivity index is 2.05. The summed E-state index contributed by atoms with van der Waals surface area (Å²) in [5.41, 5.74) is 9.44. The van der Waals surface area contributed by atoms with Crippen molar-refractivity contribution in [2.45, 2.75) is 25.7 Å². The summed E-state index contributed by atoms with van der Waals surface area (Å²) < 4.78 is 33.6. The maximum Gasteiger partial charge on any atom is 0.262 e. The maximum absolute atomic E-state index is 12.9. The van der Waals surface area contributed by atoms with Crippen LogP contribution < -0.4 is 10.5 Å². The normalized spacial score (nSPS) is 11.5. The summed E-state index contributed by atoms with van der Waals surface area (Å²) >= 11 is 0. The Bertz CT molecular complexity index is 1020. The largest absolute Gasteiger partial charge is 0.397 e. The quantitative estimate of drug-likeness (QED) is 0.695. The van der Waals surface area contributed by atoms with E-state index in [-0.39, 0.29) is 4.90 Å². The number of hydrogen-bond donors (Lipinski definition) is 2. The van der Waals surface area contributed by atoms with Crippen LogP contribution >= 0.6 is 0 Å². The molecule has 0 saturated carbocycles. The van der Waals surface area contributed by atoms with Crippen molar-refractivity contribution in [3.05, 3.63) is 59.3 Å². The lowest BCUT2D eigenvalue weighted by Gasteiger charge is -2.14. The Morgan fingerprint density at radius 3 is 2.44 bits per heavy atom. The second-order valence-corrected chi connectivity index (χ2v) is 7.61. The fourth-order valence-corrected chi connectivity index (χ4v) is 3.99. The van der Waals surface area contributed by atoms with Crippen LogP contribution in [0.3, 0.4) is 0 Å². The molecular weight excluding hydrogens is 338 g/mol. The van der Waals surface area contributed by atoms with E-state index in [2.05, 4.69) is 9.88 Å². The molecular formula is C18H19N3O3S. The monoisotopic (exact) mass is 357 g/mol. The summed E-state index contributed by atoms with van der Waals surface area (Å²) in [7, 11) is -3.80. The van der Waals surface area contributed by atoms with Crippen molar-refractivity contribution in [3.8, 4) is 11.3 Å². The summed E-state index contributed by atoms with van der Waals surface area (Å²) in [5, 5.41) is 3.84. The van der Waals surface area contributed by atoms with Crippen LogP contribution in [0.15, 0.2) is 51.9 Å². The molecule has 3 aromatic rings. The highest BCUT2D eigenvalue weighted by molar-refractivity contribution is 7.92. The second-order valence-electron chi connectivity index (χ2n) is 5.96. The Kier molecular flexibility index (Phi) is 4.26. The highest BCUT2D eigenvalue weighted by Crippen LogP contribution is 2.29. The Morgan fingerprint density at radius 1 is 1.04 bits per heavy atom. The molecule has 0 saturated heterocycles. The van der Waals surface area contributed by atoms with Crippen LogP contribution in [-0.4, -0.2) is 13.6 Å². The minimum atomic E-state index is -3.80. The fourth-order valence-electron chi connectivity index (χ4n) is 2.56. The van der Waals surface area contributed by atoms with E-state index in [1.807, 2.05) is 0 Å². The van der Waals surface area contributed by atoms with Gasteiger partial charge in [-0.05, 0) is 44.0 Å². The number of nitrogens with two attached hydrogens (primary N) is 1. The standard InChI is InChI=1S/C18H19N3O3S/c1-11-7-8-14(16-9-13(3)20-24-16)10-17(11)25(22,23)21-18-12(2)5-4-6-15(18)19/h4-10,21H,19H2,1-3H3. The van der Waals surface area contributed by atoms with E-state index < -0.39 is 10.0 Å². The predicted molar refractivity (Wildman–Crippen MR) is 97.8 cm³/mol. The van der Waals surface area contributed by atoms with Gasteiger partial charge in [0.1, 0.15) is 0 Å². The molecule has 3 N–H and O–H groups in total. The molecule has 6 nitrogen and oxygen atoms in total. The molecule has 0 unspecified atom stereocenters. The van der Waals surface area contributed by atoms with E-state index in [9.17, 15) is 8.42 Å². The van der Waals surface area contributed by atoms with Gasteiger partial charge in [0.25, 0.3) is 10.0 Å². The van der Waals surface area contributed by atoms with E-state index in [1.54, 1.807) is 63.2 Å². The van der Waals surface area contributed by atoms with Gasteiger partial charge in [-0.3, -0.25) is 4.72 Å². The number of aromatic nitrogens is 1. The molecule has 25 heavy (non-hydrogen) atoms. The van der Waals surface area contributed by atoms with Gasteiger partial charge in [-0.2, -0.15) is 0 Å². The molecule has 2 aromatic carbocycles. The lowest BCUT2D eigenvalue weighted by Crippen LogP contribution is -2.16. The average molecular weight is 357 g/mol. The third-order valence-corrected chi connectivity index (χ3v) is 5.42. The molecule has 130 valence electrons. The van der Waals surface area contributed by atoms with Gasteiger partial charge in [0.15, 0.2) is 5.76 Å². The van der Waals surface area contributed by atoms with Crippen molar-refractivity contribution in [1.29, 1.82) is 0 Å². The topological polar surface area (TPSA) is 98.2 Å². The van der Waals surface area contributed by atoms with Crippen molar-refractivity contribution in [1.82, 2.24) is 5.16 Å². The van der Waals surface area contributed by atoms with Gasteiger partial charge >= 0.3 is 0 Å². The zero-order chi connectivity index (χ0) is 18.2. The first kappa shape index (κ1) is 17.0. The molecule has 3 rings (SSSR count). The predicted octanol–water partition coefficient (Wildman–Crippen LogP) is 3.65. The van der Waals surface area contributed by atoms with Gasteiger partial charge in [0, 0.05) is 11.6 Å². The summed E-state index contributed by atoms with van der Waals surface area (Å²) in [5.74, 6) is 0.518. The summed E-state index contributed by atoms with van der Waals surface area (Å²) in [6.45, 7) is 5.35. The van der Waals surface area contributed by atoms with Gasteiger partial charge in [0.2, 0.25) is 0 Å². The first-order valence-corrected chi connectivity index (χ1v) is 9.18. The molecule has 7 heteroatoms. The van der Waals surface area contributed by atoms with E-state index in [4.69, 9.17) is 10.3 Å². The Hall–Kier alpha value is -2.80. The van der Waals surface area contributed by atoms with Crippen LogP contribution in [0, 0.1) is 20.8 Å². The minimum Gasteiger partial charge on any atom is -0.397 e. The van der Waals surface area contributed by atoms with E-state index in [0.717, 1.165) is 11.3 Å². The smallest absolute Gasteiger partial charge is 0.262 e. The van der Waals surface area contributed by atoms with Crippen LogP contribution in [0.4, 0.5) is 11.4 Å². The number of hydrogen-bond acceptors (Lipinski definition) is 5. The van der Waals surface area contributed by atoms with Gasteiger partial charge in [-0.1, -0.05) is 29.4 Å². The zero-order valence-corrected chi connectivity index (χ0v) is 15.0. The van der Waals surface area contributed by atoms with Crippen LogP contribution in [-0.2, 0) is 10.0 Å². The highest BCUT2D eigenvalue weighted by Gasteiger charge is 2.20. The van der Waals surface area contributed by atoms with Crippen LogP contribution in [0.25, 0.3) is 11.3 Å². The van der Waals surface area contributed by atoms with Gasteiger partial charge in [-0.15, -0.1) is 0 Å². The molecule has 0 atom stereocenters. The maximum atomic E-state index is 12.9. The number of nitrogens with one attached hydrogen (secondary N) is 1. The molecule has 1 aromatic heterocycles. The average Bonchev–Trinajstić information content (AvgIpc) is 2.98. The van der Waals surface area contributed by atoms with Crippen molar-refractivity contribution in [2.24, 2.45) is 0 Å². The number of para-hydroxylation sites is 1. The van der Waals surface area contributed by atoms with Crippen molar-refractivity contribution in [3.63, 3.8) is 0 Å². The molecule has 0 amide bonds. The first-order valence-electron chi connectivity index (χ1n) is 7.70. The molecule has 0 aliphatic carbocycles. The number of benzene rings is 2. The number of anilines is 2. The number of rotatable bonds is 4. The number of aryl methyl sites for hydroxylation is 3. The van der Waals surface area contributed by atoms with E-state index in [0.29, 0.717) is 28.3 Å². The van der Waals surface area contributed by atoms with Crippen LogP contribution in [0.5, 0.6) is 0 Å². The highest BCUT2D eigenvalue weighted by atomic mass is 32.2. The van der Waals surface area contributed by atoms with Gasteiger partial charge < -0.3 is 10.3 Å². The second kappa shape index (κ2) is 6.25. The molecule has 0 spiro atoms. The number of nitrogen functional groups attached to an aromatic ring is 1. The Morgan fingerprint density at radius 2 is 1.80 bits per heavy atom. The summed E-state index contributed by atoms with van der Waals surface area (Å²) in [4.78, 5) is 0.168. The minimum absolute atomic E-state index is 0.168. The zero-order valence-electron chi connectivity index (χ0n) is 14.2. The molecule has 0 radical (unpaired) electrons. The first-order chi connectivity index (χ1) is 11.8. The molecule has 0 aliphatic rings. The van der Waals surface area contributed by atoms with E-state index >= 15 is 0 Å². The SMILES string of the molecule is Cc1cc(-c2ccc(C)c(S(=O)(=O)Nc3c(C)cccc3N)c2)on1. The molecule has 0 bridgehead atoms.